The maximum atomic E-state index is 12.6. The number of hydrogen-bond donors (Lipinski definition) is 1. The van der Waals surface area contributed by atoms with Crippen molar-refractivity contribution < 1.29 is 19.1 Å². The Morgan fingerprint density at radius 1 is 1.29 bits per heavy atom. The second-order valence-electron chi connectivity index (χ2n) is 5.14. The third-order valence-electron chi connectivity index (χ3n) is 3.77. The number of rotatable bonds is 2. The molecule has 0 spiro atoms. The average molecular weight is 352 g/mol. The maximum Gasteiger partial charge on any atom is 0.407 e. The highest BCUT2D eigenvalue weighted by Gasteiger charge is 2.34. The van der Waals surface area contributed by atoms with Gasteiger partial charge in [0, 0.05) is 16.4 Å². The molecule has 1 fully saturated rings. The summed E-state index contributed by atoms with van der Waals surface area (Å²) < 4.78 is 6.48. The van der Waals surface area contributed by atoms with E-state index in [1.807, 2.05) is 12.1 Å². The van der Waals surface area contributed by atoms with Crippen molar-refractivity contribution in [1.82, 2.24) is 4.90 Å². The highest BCUT2D eigenvalue weighted by Crippen LogP contribution is 2.27. The first kappa shape index (κ1) is 14.1. The third-order valence-corrected chi connectivity index (χ3v) is 4.27. The van der Waals surface area contributed by atoms with Crippen molar-refractivity contribution in [2.75, 3.05) is 6.54 Å². The topological polar surface area (TPSA) is 70.8 Å². The Kier molecular flexibility index (Phi) is 3.71. The average Bonchev–Trinajstić information content (AvgIpc) is 2.89. The van der Waals surface area contributed by atoms with Crippen LogP contribution in [-0.4, -0.2) is 34.5 Å². The molecular weight excluding hydrogens is 338 g/mol. The predicted octanol–water partition coefficient (Wildman–Crippen LogP) is 3.91. The number of hydrogen-bond acceptors (Lipinski definition) is 3. The molecule has 5 nitrogen and oxygen atoms in total. The Morgan fingerprint density at radius 2 is 2.10 bits per heavy atom. The van der Waals surface area contributed by atoms with Gasteiger partial charge in [0.25, 0.3) is 0 Å². The zero-order chi connectivity index (χ0) is 15.0. The molecule has 0 bridgehead atoms. The van der Waals surface area contributed by atoms with Gasteiger partial charge in [0.15, 0.2) is 5.76 Å². The van der Waals surface area contributed by atoms with Gasteiger partial charge in [-0.25, -0.2) is 4.79 Å². The van der Waals surface area contributed by atoms with E-state index in [4.69, 9.17) is 4.42 Å². The summed E-state index contributed by atoms with van der Waals surface area (Å²) in [4.78, 5) is 25.0. The second kappa shape index (κ2) is 5.52. The molecule has 3 rings (SSSR count). The fraction of sp³-hybridized carbons (Fsp3) is 0.333. The van der Waals surface area contributed by atoms with Crippen LogP contribution in [0.25, 0.3) is 11.0 Å². The lowest BCUT2D eigenvalue weighted by Crippen LogP contribution is -2.47. The van der Waals surface area contributed by atoms with E-state index in [-0.39, 0.29) is 11.5 Å². The van der Waals surface area contributed by atoms with Gasteiger partial charge in [0.1, 0.15) is 11.6 Å². The van der Waals surface area contributed by atoms with Gasteiger partial charge in [-0.2, -0.15) is 0 Å². The fourth-order valence-electron chi connectivity index (χ4n) is 2.73. The molecule has 1 atom stereocenters. The monoisotopic (exact) mass is 351 g/mol. The molecule has 1 aromatic heterocycles. The number of furan rings is 1. The number of carbonyl (C=O) groups is 2. The summed E-state index contributed by atoms with van der Waals surface area (Å²) in [6, 6.07) is 6.53. The first-order valence-electron chi connectivity index (χ1n) is 6.79. The molecule has 2 heterocycles. The van der Waals surface area contributed by atoms with E-state index in [0.717, 1.165) is 22.7 Å². The van der Waals surface area contributed by atoms with Crippen molar-refractivity contribution in [3.8, 4) is 0 Å². The Labute approximate surface area is 129 Å². The first-order valence-corrected chi connectivity index (χ1v) is 7.58. The molecule has 1 unspecified atom stereocenters. The lowest BCUT2D eigenvalue weighted by atomic mass is 9.97. The standard InChI is InChI=1S/C15H14BrNO4/c16-10-4-5-12-9(7-10)8-13(21-12)14(18)11-3-1-2-6-17(11)15(19)20/h4-5,7-8,11H,1-3,6H2,(H,19,20). The summed E-state index contributed by atoms with van der Waals surface area (Å²) in [5.41, 5.74) is 0.624. The van der Waals surface area contributed by atoms with E-state index >= 15 is 0 Å². The van der Waals surface area contributed by atoms with Crippen LogP contribution in [-0.2, 0) is 0 Å². The van der Waals surface area contributed by atoms with E-state index in [0.29, 0.717) is 18.5 Å². The van der Waals surface area contributed by atoms with Gasteiger partial charge < -0.3 is 9.52 Å². The Hall–Kier alpha value is -1.82. The highest BCUT2D eigenvalue weighted by molar-refractivity contribution is 9.10. The zero-order valence-corrected chi connectivity index (χ0v) is 12.8. The molecule has 1 N–H and O–H groups in total. The summed E-state index contributed by atoms with van der Waals surface area (Å²) >= 11 is 3.37. The minimum Gasteiger partial charge on any atom is -0.465 e. The molecule has 1 aliphatic heterocycles. The molecule has 2 aromatic rings. The number of amides is 1. The van der Waals surface area contributed by atoms with Crippen molar-refractivity contribution in [3.63, 3.8) is 0 Å². The number of carboxylic acid groups (broad SMARTS) is 1. The maximum absolute atomic E-state index is 12.6. The molecular formula is C15H14BrNO4. The lowest BCUT2D eigenvalue weighted by Gasteiger charge is -2.31. The first-order chi connectivity index (χ1) is 10.1. The quantitative estimate of drug-likeness (QED) is 0.832. The van der Waals surface area contributed by atoms with Crippen molar-refractivity contribution in [2.24, 2.45) is 0 Å². The van der Waals surface area contributed by atoms with E-state index in [2.05, 4.69) is 15.9 Å². The number of likely N-dealkylation sites (tertiary alicyclic amines) is 1. The Morgan fingerprint density at radius 3 is 2.86 bits per heavy atom. The van der Waals surface area contributed by atoms with Crippen molar-refractivity contribution in [1.29, 1.82) is 0 Å². The van der Waals surface area contributed by atoms with Crippen LogP contribution in [0.3, 0.4) is 0 Å². The number of piperidine rings is 1. The number of halogens is 1. The number of benzene rings is 1. The van der Waals surface area contributed by atoms with Gasteiger partial charge in [-0.05, 0) is 43.5 Å². The summed E-state index contributed by atoms with van der Waals surface area (Å²) in [7, 11) is 0. The molecule has 1 amide bonds. The minimum absolute atomic E-state index is 0.223. The van der Waals surface area contributed by atoms with Crippen LogP contribution in [0.4, 0.5) is 4.79 Å². The molecule has 0 radical (unpaired) electrons. The van der Waals surface area contributed by atoms with Gasteiger partial charge in [0.2, 0.25) is 5.78 Å². The van der Waals surface area contributed by atoms with Gasteiger partial charge >= 0.3 is 6.09 Å². The minimum atomic E-state index is -1.05. The van der Waals surface area contributed by atoms with Crippen LogP contribution in [0.1, 0.15) is 29.8 Å². The summed E-state index contributed by atoms with van der Waals surface area (Å²) in [6.45, 7) is 0.400. The summed E-state index contributed by atoms with van der Waals surface area (Å²) in [5, 5.41) is 10.0. The van der Waals surface area contributed by atoms with Crippen molar-refractivity contribution in [2.45, 2.75) is 25.3 Å². The van der Waals surface area contributed by atoms with Crippen molar-refractivity contribution >= 4 is 38.8 Å². The number of ketones is 1. The fourth-order valence-corrected chi connectivity index (χ4v) is 3.11. The molecule has 110 valence electrons. The third kappa shape index (κ3) is 2.68. The van der Waals surface area contributed by atoms with Crippen LogP contribution < -0.4 is 0 Å². The molecule has 6 heteroatoms. The van der Waals surface area contributed by atoms with Crippen LogP contribution in [0.5, 0.6) is 0 Å². The van der Waals surface area contributed by atoms with E-state index in [9.17, 15) is 14.7 Å². The number of fused-ring (bicyclic) bond motifs is 1. The molecule has 1 aliphatic rings. The van der Waals surface area contributed by atoms with Crippen LogP contribution in [0.15, 0.2) is 33.2 Å². The largest absolute Gasteiger partial charge is 0.465 e. The molecule has 1 aromatic carbocycles. The number of nitrogens with zero attached hydrogens (tertiary/aromatic N) is 1. The van der Waals surface area contributed by atoms with Crippen LogP contribution in [0, 0.1) is 0 Å². The Balaban J connectivity index is 1.93. The van der Waals surface area contributed by atoms with E-state index in [1.165, 1.54) is 4.90 Å². The zero-order valence-electron chi connectivity index (χ0n) is 11.2. The smallest absolute Gasteiger partial charge is 0.407 e. The van der Waals surface area contributed by atoms with Gasteiger partial charge in [-0.15, -0.1) is 0 Å². The number of carbonyl (C=O) groups excluding carboxylic acids is 1. The molecule has 0 aliphatic carbocycles. The van der Waals surface area contributed by atoms with Gasteiger partial charge in [-0.1, -0.05) is 15.9 Å². The summed E-state index contributed by atoms with van der Waals surface area (Å²) in [6.07, 6.45) is 1.15. The lowest BCUT2D eigenvalue weighted by molar-refractivity contribution is 0.0691. The van der Waals surface area contributed by atoms with Gasteiger partial charge in [-0.3, -0.25) is 9.69 Å². The SMILES string of the molecule is O=C(c1cc2cc(Br)ccc2o1)C1CCCCN1C(=O)O. The number of Topliss-reactive ketones (excluding diaryl/α,β-unsaturated/α-hetero) is 1. The van der Waals surface area contributed by atoms with E-state index < -0.39 is 12.1 Å². The van der Waals surface area contributed by atoms with Crippen molar-refractivity contribution in [3.05, 3.63) is 34.5 Å². The molecule has 1 saturated heterocycles. The Bertz CT molecular complexity index is 709. The van der Waals surface area contributed by atoms with E-state index in [1.54, 1.807) is 12.1 Å². The molecule has 0 saturated carbocycles. The predicted molar refractivity (Wildman–Crippen MR) is 80.6 cm³/mol. The molecule has 21 heavy (non-hydrogen) atoms. The van der Waals surface area contributed by atoms with Crippen LogP contribution >= 0.6 is 15.9 Å². The normalized spacial score (nSPS) is 18.9. The van der Waals surface area contributed by atoms with Crippen LogP contribution in [0.2, 0.25) is 0 Å². The van der Waals surface area contributed by atoms with Gasteiger partial charge in [0.05, 0.1) is 0 Å². The second-order valence-corrected chi connectivity index (χ2v) is 6.06. The highest BCUT2D eigenvalue weighted by atomic mass is 79.9. The summed E-state index contributed by atoms with van der Waals surface area (Å²) in [5.74, 6) is -0.0364.